The molecule has 0 N–H and O–H groups in total. The van der Waals surface area contributed by atoms with Gasteiger partial charge in [-0.1, -0.05) is 32.3 Å². The molecule has 0 saturated carbocycles. The van der Waals surface area contributed by atoms with Crippen LogP contribution in [0.2, 0.25) is 0 Å². The minimum atomic E-state index is 0. The summed E-state index contributed by atoms with van der Waals surface area (Å²) >= 11 is 0. The normalized spacial score (nSPS) is 5.62. The Kier molecular flexibility index (Phi) is 105. The van der Waals surface area contributed by atoms with E-state index in [1.54, 1.807) is 0 Å². The first-order valence-corrected chi connectivity index (χ1v) is 3.52. The first-order valence-electron chi connectivity index (χ1n) is 3.52. The summed E-state index contributed by atoms with van der Waals surface area (Å²) < 4.78 is 0. The Morgan fingerprint density at radius 3 is 1.69 bits per heavy atom. The molecule has 0 aromatic carbocycles. The standard InChI is InChI=1S/C8H16.4ClH.Pt/c1-3-5-7-8-6-4-2;;;;;/h3H,1,4-8H2,2H3;4*1H;/q;;;;;+4/p-4. The third kappa shape index (κ3) is 42.0. The van der Waals surface area contributed by atoms with Gasteiger partial charge >= 0.3 is 21.1 Å². The zero-order chi connectivity index (χ0) is 6.24. The molecular weight excluding hydrogens is 433 g/mol. The summed E-state index contributed by atoms with van der Waals surface area (Å²) in [6.45, 7) is 5.89. The van der Waals surface area contributed by atoms with Gasteiger partial charge in [-0.3, -0.25) is 0 Å². The third-order valence-electron chi connectivity index (χ3n) is 1.26. The second-order valence-electron chi connectivity index (χ2n) is 2.14. The molecule has 0 aliphatic rings. The Bertz CT molecular complexity index is 62.1. The first kappa shape index (κ1) is 36.5. The van der Waals surface area contributed by atoms with Gasteiger partial charge in [0.25, 0.3) is 0 Å². The summed E-state index contributed by atoms with van der Waals surface area (Å²) in [6.07, 6.45) is 8.61. The number of rotatable bonds is 5. The van der Waals surface area contributed by atoms with Crippen LogP contribution in [0.1, 0.15) is 39.0 Å². The fourth-order valence-electron chi connectivity index (χ4n) is 0.715. The molecule has 0 unspecified atom stereocenters. The van der Waals surface area contributed by atoms with Gasteiger partial charge in [0.1, 0.15) is 0 Å². The molecule has 0 aromatic rings. The van der Waals surface area contributed by atoms with Gasteiger partial charge in [0, 0.05) is 0 Å². The Morgan fingerprint density at radius 1 is 0.923 bits per heavy atom. The van der Waals surface area contributed by atoms with Crippen molar-refractivity contribution in [3.63, 3.8) is 0 Å². The minimum Gasteiger partial charge on any atom is -1.00 e. The average Bonchev–Trinajstić information content (AvgIpc) is 1.81. The van der Waals surface area contributed by atoms with Gasteiger partial charge in [-0.25, -0.2) is 0 Å². The Balaban J connectivity index is -0.0000000245. The van der Waals surface area contributed by atoms with Gasteiger partial charge in [-0.05, 0) is 12.8 Å². The van der Waals surface area contributed by atoms with Gasteiger partial charge in [-0.15, -0.1) is 6.58 Å². The van der Waals surface area contributed by atoms with Crippen molar-refractivity contribution in [3.05, 3.63) is 12.7 Å². The molecule has 0 bridgehead atoms. The van der Waals surface area contributed by atoms with Crippen molar-refractivity contribution in [2.75, 3.05) is 0 Å². The van der Waals surface area contributed by atoms with E-state index >= 15 is 0 Å². The minimum absolute atomic E-state index is 0. The van der Waals surface area contributed by atoms with Crippen LogP contribution in [0.25, 0.3) is 0 Å². The summed E-state index contributed by atoms with van der Waals surface area (Å²) in [7, 11) is 0. The number of hydrogen-bond acceptors (Lipinski definition) is 0. The molecule has 0 amide bonds. The molecule has 5 heteroatoms. The van der Waals surface area contributed by atoms with Crippen molar-refractivity contribution in [2.24, 2.45) is 0 Å². The molecule has 86 valence electrons. The number of unbranched alkanes of at least 4 members (excludes halogenated alkanes) is 4. The van der Waals surface area contributed by atoms with Crippen LogP contribution in [-0.2, 0) is 21.1 Å². The van der Waals surface area contributed by atoms with E-state index in [1.165, 1.54) is 32.1 Å². The monoisotopic (exact) mass is 447 g/mol. The van der Waals surface area contributed by atoms with Crippen molar-refractivity contribution in [1.82, 2.24) is 0 Å². The van der Waals surface area contributed by atoms with Crippen LogP contribution >= 0.6 is 0 Å². The summed E-state index contributed by atoms with van der Waals surface area (Å²) in [5.74, 6) is 0. The van der Waals surface area contributed by atoms with Crippen LogP contribution in [0.15, 0.2) is 12.7 Å². The predicted octanol–water partition coefficient (Wildman–Crippen LogP) is -8.84. The van der Waals surface area contributed by atoms with E-state index in [4.69, 9.17) is 0 Å². The molecule has 0 spiro atoms. The maximum absolute atomic E-state index is 3.66. The first-order chi connectivity index (χ1) is 3.91. The van der Waals surface area contributed by atoms with Gasteiger partial charge in [0.2, 0.25) is 0 Å². The molecule has 0 aliphatic heterocycles. The average molecular weight is 449 g/mol. The number of allylic oxidation sites excluding steroid dienone is 1. The Hall–Kier alpha value is 1.59. The molecule has 0 heterocycles. The summed E-state index contributed by atoms with van der Waals surface area (Å²) in [6, 6.07) is 0. The van der Waals surface area contributed by atoms with E-state index in [9.17, 15) is 0 Å². The van der Waals surface area contributed by atoms with E-state index < -0.39 is 0 Å². The third-order valence-corrected chi connectivity index (χ3v) is 1.26. The molecule has 0 radical (unpaired) electrons. The van der Waals surface area contributed by atoms with Crippen LogP contribution in [0.5, 0.6) is 0 Å². The molecule has 0 fully saturated rings. The molecule has 13 heavy (non-hydrogen) atoms. The smallest absolute Gasteiger partial charge is 1.00 e. The quantitative estimate of drug-likeness (QED) is 0.289. The fraction of sp³-hybridized carbons (Fsp3) is 0.750. The molecule has 0 atom stereocenters. The topological polar surface area (TPSA) is 0 Å². The van der Waals surface area contributed by atoms with Gasteiger partial charge in [0.05, 0.1) is 0 Å². The van der Waals surface area contributed by atoms with Crippen molar-refractivity contribution in [3.8, 4) is 0 Å². The van der Waals surface area contributed by atoms with E-state index in [-0.39, 0.29) is 70.7 Å². The van der Waals surface area contributed by atoms with Crippen LogP contribution < -0.4 is 49.6 Å². The van der Waals surface area contributed by atoms with Crippen LogP contribution in [0, 0.1) is 0 Å². The van der Waals surface area contributed by atoms with E-state index in [0.717, 1.165) is 0 Å². The van der Waals surface area contributed by atoms with Crippen molar-refractivity contribution >= 4 is 0 Å². The molecule has 0 rings (SSSR count). The largest absolute Gasteiger partial charge is 4.00 e. The zero-order valence-electron chi connectivity index (χ0n) is 7.65. The van der Waals surface area contributed by atoms with Crippen LogP contribution in [0.3, 0.4) is 0 Å². The molecule has 0 saturated heterocycles. The van der Waals surface area contributed by atoms with E-state index in [2.05, 4.69) is 13.5 Å². The Labute approximate surface area is 122 Å². The van der Waals surface area contributed by atoms with Crippen LogP contribution in [0.4, 0.5) is 0 Å². The van der Waals surface area contributed by atoms with E-state index in [1.807, 2.05) is 6.08 Å². The molecule has 0 nitrogen and oxygen atoms in total. The van der Waals surface area contributed by atoms with Crippen molar-refractivity contribution in [2.45, 2.75) is 39.0 Å². The molecule has 0 aliphatic carbocycles. The SMILES string of the molecule is C=CCCCCCC.[Cl-].[Cl-].[Cl-].[Cl-].[Pt+4]. The van der Waals surface area contributed by atoms with Gasteiger partial charge < -0.3 is 49.6 Å². The zero-order valence-corrected chi connectivity index (χ0v) is 12.9. The predicted molar refractivity (Wildman–Crippen MR) is 39.0 cm³/mol. The molecule has 0 aromatic heterocycles. The summed E-state index contributed by atoms with van der Waals surface area (Å²) in [5, 5.41) is 0. The Morgan fingerprint density at radius 2 is 1.38 bits per heavy atom. The molecular formula is C8H16Cl4Pt. The summed E-state index contributed by atoms with van der Waals surface area (Å²) in [4.78, 5) is 0. The number of halogens is 4. The van der Waals surface area contributed by atoms with Crippen molar-refractivity contribution in [1.29, 1.82) is 0 Å². The van der Waals surface area contributed by atoms with Crippen molar-refractivity contribution < 1.29 is 70.7 Å². The second kappa shape index (κ2) is 37.4. The van der Waals surface area contributed by atoms with Gasteiger partial charge in [-0.2, -0.15) is 0 Å². The maximum atomic E-state index is 3.66. The summed E-state index contributed by atoms with van der Waals surface area (Å²) in [5.41, 5.74) is 0. The van der Waals surface area contributed by atoms with Crippen LogP contribution in [-0.4, -0.2) is 0 Å². The van der Waals surface area contributed by atoms with E-state index in [0.29, 0.717) is 0 Å². The second-order valence-corrected chi connectivity index (χ2v) is 2.14. The maximum Gasteiger partial charge on any atom is 4.00 e. The fourth-order valence-corrected chi connectivity index (χ4v) is 0.715. The number of hydrogen-bond donors (Lipinski definition) is 0. The van der Waals surface area contributed by atoms with Gasteiger partial charge in [0.15, 0.2) is 0 Å².